The third-order valence-electron chi connectivity index (χ3n) is 0.957. The second kappa shape index (κ2) is 5.21. The van der Waals surface area contributed by atoms with E-state index in [0.29, 0.717) is 0 Å². The molecule has 0 aromatic heterocycles. The average Bonchev–Trinajstić information content (AvgIpc) is 1.99. The van der Waals surface area contributed by atoms with Crippen LogP contribution in [0.15, 0.2) is 0 Å². The van der Waals surface area contributed by atoms with E-state index in [4.69, 9.17) is 15.3 Å². The second-order valence-electron chi connectivity index (χ2n) is 1.83. The highest BCUT2D eigenvalue weighted by Gasteiger charge is 2.12. The fourth-order valence-electron chi connectivity index (χ4n) is 0.376. The fourth-order valence-corrected chi connectivity index (χ4v) is 0.926. The molecule has 0 rings (SSSR count). The van der Waals surface area contributed by atoms with Crippen molar-refractivity contribution in [2.24, 2.45) is 0 Å². The molecule has 0 saturated carbocycles. The van der Waals surface area contributed by atoms with Crippen LogP contribution < -0.4 is 4.89 Å². The van der Waals surface area contributed by atoms with Crippen molar-refractivity contribution in [2.45, 2.75) is 12.5 Å². The molecule has 0 bridgehead atoms. The zero-order chi connectivity index (χ0) is 8.85. The molecule has 0 aliphatic heterocycles. The lowest BCUT2D eigenvalue weighted by atomic mass is 10.3. The summed E-state index contributed by atoms with van der Waals surface area (Å²) in [4.78, 5) is 20.5. The molecule has 6 heteroatoms. The van der Waals surface area contributed by atoms with Gasteiger partial charge in [0.25, 0.3) is 0 Å². The summed E-state index contributed by atoms with van der Waals surface area (Å²) in [6.07, 6.45) is -2.24. The van der Waals surface area contributed by atoms with Crippen LogP contribution in [0.4, 0.5) is 0 Å². The number of carbonyl (C=O) groups is 1. The van der Waals surface area contributed by atoms with Gasteiger partial charge in [-0.15, -0.1) is 0 Å². The summed E-state index contributed by atoms with van der Waals surface area (Å²) < 4.78 is 0. The van der Waals surface area contributed by atoms with E-state index in [1.54, 1.807) is 0 Å². The molecule has 0 saturated heterocycles. The predicted octanol–water partition coefficient (Wildman–Crippen LogP) is -1.67. The SMILES string of the molecule is O=C(O)[C@@H](O)CC=[P+]([O-])CO. The molecule has 0 heterocycles. The van der Waals surface area contributed by atoms with Gasteiger partial charge in [-0.2, -0.15) is 0 Å². The Morgan fingerprint density at radius 3 is 2.64 bits per heavy atom. The monoisotopic (exact) mass is 180 g/mol. The largest absolute Gasteiger partial charge is 0.629 e. The number of carboxylic acids is 1. The molecule has 0 aromatic rings. The van der Waals surface area contributed by atoms with Crippen molar-refractivity contribution in [2.75, 3.05) is 6.35 Å². The van der Waals surface area contributed by atoms with Gasteiger partial charge >= 0.3 is 5.97 Å². The van der Waals surface area contributed by atoms with E-state index in [-0.39, 0.29) is 6.42 Å². The first kappa shape index (κ1) is 10.5. The normalized spacial score (nSPS) is 14.6. The number of carboxylic acid groups (broad SMARTS) is 1. The van der Waals surface area contributed by atoms with Crippen molar-refractivity contribution >= 4 is 19.5 Å². The van der Waals surface area contributed by atoms with Crippen LogP contribution in [0.5, 0.6) is 0 Å². The molecule has 2 atom stereocenters. The maximum Gasteiger partial charge on any atom is 0.332 e. The van der Waals surface area contributed by atoms with Crippen LogP contribution in [0.1, 0.15) is 6.42 Å². The molecular weight excluding hydrogens is 171 g/mol. The van der Waals surface area contributed by atoms with Crippen molar-refractivity contribution in [1.29, 1.82) is 0 Å². The molecule has 11 heavy (non-hydrogen) atoms. The van der Waals surface area contributed by atoms with Crippen molar-refractivity contribution in [3.63, 3.8) is 0 Å². The molecule has 5 nitrogen and oxygen atoms in total. The van der Waals surface area contributed by atoms with Crippen LogP contribution in [0.25, 0.3) is 0 Å². The van der Waals surface area contributed by atoms with Crippen molar-refractivity contribution in [3.05, 3.63) is 0 Å². The van der Waals surface area contributed by atoms with Crippen LogP contribution in [0.3, 0.4) is 0 Å². The molecule has 64 valence electrons. The average molecular weight is 180 g/mol. The molecule has 0 radical (unpaired) electrons. The van der Waals surface area contributed by atoms with Gasteiger partial charge in [-0.3, -0.25) is 0 Å². The van der Waals surface area contributed by atoms with Gasteiger partial charge in [0.15, 0.2) is 12.5 Å². The summed E-state index contributed by atoms with van der Waals surface area (Å²) in [5.41, 5.74) is 0. The van der Waals surface area contributed by atoms with Gasteiger partial charge in [-0.05, 0) is 0 Å². The highest BCUT2D eigenvalue weighted by Crippen LogP contribution is 2.06. The van der Waals surface area contributed by atoms with Gasteiger partial charge in [0, 0.05) is 6.42 Å². The molecular formula is C5H9O5P. The summed E-state index contributed by atoms with van der Waals surface area (Å²) in [6.45, 7) is 0. The zero-order valence-corrected chi connectivity index (χ0v) is 6.57. The standard InChI is InChI=1S/C5H9O5P/c6-3-11(10)2-1-4(7)5(8)9/h2,4,6-7H,1,3H2,(H,8,9)/t4-/m0/s1. The summed E-state index contributed by atoms with van der Waals surface area (Å²) in [5.74, 6) is -0.267. The quantitative estimate of drug-likeness (QED) is 0.449. The number of aliphatic hydroxyl groups is 2. The molecule has 0 fully saturated rings. The Labute approximate surface area is 64.4 Å². The van der Waals surface area contributed by atoms with E-state index in [9.17, 15) is 9.69 Å². The lowest BCUT2D eigenvalue weighted by Crippen LogP contribution is -2.19. The Kier molecular flexibility index (Phi) is 4.98. The first-order valence-electron chi connectivity index (χ1n) is 2.86. The molecule has 0 spiro atoms. The fraction of sp³-hybridized carbons (Fsp3) is 0.600. The molecule has 0 aromatic carbocycles. The van der Waals surface area contributed by atoms with Gasteiger partial charge in [0.1, 0.15) is 0 Å². The minimum Gasteiger partial charge on any atom is -0.629 e. The predicted molar refractivity (Wildman–Crippen MR) is 38.3 cm³/mol. The zero-order valence-electron chi connectivity index (χ0n) is 5.67. The summed E-state index contributed by atoms with van der Waals surface area (Å²) in [5, 5.41) is 25.0. The second-order valence-corrected chi connectivity index (χ2v) is 3.31. The van der Waals surface area contributed by atoms with E-state index in [1.165, 1.54) is 0 Å². The Morgan fingerprint density at radius 1 is 1.73 bits per heavy atom. The number of hydrogen-bond donors (Lipinski definition) is 3. The highest BCUT2D eigenvalue weighted by molar-refractivity contribution is 7.49. The van der Waals surface area contributed by atoms with Crippen molar-refractivity contribution < 1.29 is 25.0 Å². The topological polar surface area (TPSA) is 101 Å². The van der Waals surface area contributed by atoms with Crippen LogP contribution >= 0.6 is 7.77 Å². The molecule has 3 N–H and O–H groups in total. The van der Waals surface area contributed by atoms with Crippen LogP contribution in [0, 0.1) is 0 Å². The lowest BCUT2D eigenvalue weighted by molar-refractivity contribution is -0.155. The smallest absolute Gasteiger partial charge is 0.332 e. The van der Waals surface area contributed by atoms with E-state index >= 15 is 0 Å². The lowest BCUT2D eigenvalue weighted by Gasteiger charge is -1.98. The first-order valence-corrected chi connectivity index (χ1v) is 4.38. The number of aliphatic hydroxyl groups excluding tert-OH is 2. The summed E-state index contributed by atoms with van der Waals surface area (Å²) in [7, 11) is -1.88. The minimum absolute atomic E-state index is 0.203. The van der Waals surface area contributed by atoms with E-state index in [2.05, 4.69) is 0 Å². The molecule has 0 aliphatic carbocycles. The van der Waals surface area contributed by atoms with E-state index < -0.39 is 26.2 Å². The van der Waals surface area contributed by atoms with Gasteiger partial charge in [-0.1, -0.05) is 0 Å². The van der Waals surface area contributed by atoms with Crippen LogP contribution in [-0.2, 0) is 4.79 Å². The highest BCUT2D eigenvalue weighted by atomic mass is 31.1. The maximum absolute atomic E-state index is 10.5. The summed E-state index contributed by atoms with van der Waals surface area (Å²) >= 11 is 0. The third-order valence-corrected chi connectivity index (χ3v) is 1.85. The van der Waals surface area contributed by atoms with E-state index in [1.807, 2.05) is 0 Å². The Hall–Kier alpha value is -0.480. The number of hydrogen-bond acceptors (Lipinski definition) is 4. The van der Waals surface area contributed by atoms with Crippen LogP contribution in [-0.4, -0.2) is 39.5 Å². The maximum atomic E-state index is 10.5. The Bertz CT molecular complexity index is 166. The molecule has 0 amide bonds. The minimum atomic E-state index is -1.88. The van der Waals surface area contributed by atoms with Gasteiger partial charge < -0.3 is 20.2 Å². The Morgan fingerprint density at radius 2 is 2.27 bits per heavy atom. The van der Waals surface area contributed by atoms with E-state index in [0.717, 1.165) is 5.80 Å². The number of aliphatic carboxylic acids is 1. The van der Waals surface area contributed by atoms with Crippen molar-refractivity contribution in [1.82, 2.24) is 0 Å². The third kappa shape index (κ3) is 4.86. The van der Waals surface area contributed by atoms with Gasteiger partial charge in [0.05, 0.1) is 13.6 Å². The van der Waals surface area contributed by atoms with Crippen molar-refractivity contribution in [3.8, 4) is 0 Å². The number of rotatable bonds is 4. The van der Waals surface area contributed by atoms with Gasteiger partial charge in [0.2, 0.25) is 0 Å². The Balaban J connectivity index is 3.78. The first-order chi connectivity index (χ1) is 5.07. The van der Waals surface area contributed by atoms with Crippen LogP contribution in [0.2, 0.25) is 0 Å². The molecule has 1 unspecified atom stereocenters. The summed E-state index contributed by atoms with van der Waals surface area (Å²) in [6, 6.07) is 0. The van der Waals surface area contributed by atoms with Gasteiger partial charge in [-0.25, -0.2) is 4.79 Å². The molecule has 0 aliphatic rings.